The molecule has 0 amide bonds. The molecule has 3 nitrogen and oxygen atoms in total. The summed E-state index contributed by atoms with van der Waals surface area (Å²) in [5, 5.41) is 0. The molecule has 1 aliphatic rings. The van der Waals surface area contributed by atoms with Gasteiger partial charge in [-0.2, -0.15) is 0 Å². The van der Waals surface area contributed by atoms with Crippen LogP contribution in [-0.4, -0.2) is 25.0 Å². The summed E-state index contributed by atoms with van der Waals surface area (Å²) < 4.78 is 5.24. The van der Waals surface area contributed by atoms with Gasteiger partial charge in [-0.1, -0.05) is 13.8 Å². The van der Waals surface area contributed by atoms with Gasteiger partial charge in [0.05, 0.1) is 18.6 Å². The summed E-state index contributed by atoms with van der Waals surface area (Å²) in [7, 11) is 0. The molecule has 1 rings (SSSR count). The summed E-state index contributed by atoms with van der Waals surface area (Å²) in [5.74, 6) is 0.345. The maximum atomic E-state index is 11.9. The standard InChI is InChI=1S/C10H19NO2/c1-4-7(2)9(12)10(3)6-13-5-8(10)11/h7-8H,4-6,11H2,1-3H3. The van der Waals surface area contributed by atoms with E-state index in [1.165, 1.54) is 0 Å². The Kier molecular flexibility index (Phi) is 3.09. The summed E-state index contributed by atoms with van der Waals surface area (Å²) in [4.78, 5) is 11.9. The van der Waals surface area contributed by atoms with Gasteiger partial charge < -0.3 is 10.5 Å². The van der Waals surface area contributed by atoms with Crippen molar-refractivity contribution in [1.29, 1.82) is 0 Å². The van der Waals surface area contributed by atoms with E-state index < -0.39 is 5.41 Å². The molecule has 3 atom stereocenters. The normalized spacial score (nSPS) is 36.2. The monoisotopic (exact) mass is 185 g/mol. The van der Waals surface area contributed by atoms with Crippen LogP contribution in [0.5, 0.6) is 0 Å². The van der Waals surface area contributed by atoms with Gasteiger partial charge in [0, 0.05) is 12.0 Å². The van der Waals surface area contributed by atoms with Gasteiger partial charge in [0.2, 0.25) is 0 Å². The number of Topliss-reactive ketones (excluding diaryl/α,β-unsaturated/α-hetero) is 1. The molecule has 0 aromatic heterocycles. The van der Waals surface area contributed by atoms with E-state index in [-0.39, 0.29) is 17.7 Å². The second kappa shape index (κ2) is 3.76. The molecule has 1 aliphatic heterocycles. The van der Waals surface area contributed by atoms with E-state index in [2.05, 4.69) is 0 Å². The third kappa shape index (κ3) is 1.76. The summed E-state index contributed by atoms with van der Waals surface area (Å²) >= 11 is 0. The molecule has 0 spiro atoms. The zero-order chi connectivity index (χ0) is 10.1. The number of hydrogen-bond donors (Lipinski definition) is 1. The highest BCUT2D eigenvalue weighted by molar-refractivity contribution is 5.87. The molecular formula is C10H19NO2. The van der Waals surface area contributed by atoms with Crippen LogP contribution in [-0.2, 0) is 9.53 Å². The minimum atomic E-state index is -0.449. The second-order valence-corrected chi connectivity index (χ2v) is 4.21. The molecule has 3 unspecified atom stereocenters. The lowest BCUT2D eigenvalue weighted by molar-refractivity contribution is -0.132. The van der Waals surface area contributed by atoms with Crippen molar-refractivity contribution in [2.24, 2.45) is 17.1 Å². The minimum Gasteiger partial charge on any atom is -0.379 e. The predicted octanol–water partition coefficient (Wildman–Crippen LogP) is 0.965. The van der Waals surface area contributed by atoms with Crippen LogP contribution in [0, 0.1) is 11.3 Å². The Hall–Kier alpha value is -0.410. The number of nitrogens with two attached hydrogens (primary N) is 1. The van der Waals surface area contributed by atoms with Gasteiger partial charge in [0.1, 0.15) is 5.78 Å². The summed E-state index contributed by atoms with van der Waals surface area (Å²) in [6, 6.07) is -0.131. The average molecular weight is 185 g/mol. The Bertz CT molecular complexity index is 205. The molecular weight excluding hydrogens is 166 g/mol. The van der Waals surface area contributed by atoms with E-state index in [1.807, 2.05) is 20.8 Å². The number of hydrogen-bond acceptors (Lipinski definition) is 3. The fourth-order valence-electron chi connectivity index (χ4n) is 1.69. The molecule has 0 radical (unpaired) electrons. The van der Waals surface area contributed by atoms with E-state index in [1.54, 1.807) is 0 Å². The fraction of sp³-hybridized carbons (Fsp3) is 0.900. The topological polar surface area (TPSA) is 52.3 Å². The van der Waals surface area contributed by atoms with Crippen LogP contribution >= 0.6 is 0 Å². The number of carbonyl (C=O) groups is 1. The maximum Gasteiger partial charge on any atom is 0.145 e. The zero-order valence-electron chi connectivity index (χ0n) is 8.67. The van der Waals surface area contributed by atoms with Gasteiger partial charge in [-0.05, 0) is 13.3 Å². The Balaban J connectivity index is 2.74. The summed E-state index contributed by atoms with van der Waals surface area (Å²) in [6.07, 6.45) is 0.876. The summed E-state index contributed by atoms with van der Waals surface area (Å²) in [5.41, 5.74) is 5.41. The van der Waals surface area contributed by atoms with Crippen molar-refractivity contribution in [2.75, 3.05) is 13.2 Å². The lowest BCUT2D eigenvalue weighted by Crippen LogP contribution is -2.46. The molecule has 76 valence electrons. The van der Waals surface area contributed by atoms with Crippen LogP contribution in [0.1, 0.15) is 27.2 Å². The Morgan fingerprint density at radius 3 is 2.77 bits per heavy atom. The number of ketones is 1. The van der Waals surface area contributed by atoms with Gasteiger partial charge in [-0.3, -0.25) is 4.79 Å². The highest BCUT2D eigenvalue weighted by atomic mass is 16.5. The van der Waals surface area contributed by atoms with Gasteiger partial charge in [-0.25, -0.2) is 0 Å². The molecule has 0 bridgehead atoms. The maximum absolute atomic E-state index is 11.9. The van der Waals surface area contributed by atoms with Crippen molar-refractivity contribution in [3.05, 3.63) is 0 Å². The Labute approximate surface area is 79.6 Å². The third-order valence-corrected chi connectivity index (χ3v) is 3.14. The summed E-state index contributed by atoms with van der Waals surface area (Å²) in [6.45, 7) is 6.89. The molecule has 0 aliphatic carbocycles. The van der Waals surface area contributed by atoms with Crippen LogP contribution < -0.4 is 5.73 Å². The van der Waals surface area contributed by atoms with Crippen molar-refractivity contribution in [3.8, 4) is 0 Å². The number of ether oxygens (including phenoxy) is 1. The molecule has 13 heavy (non-hydrogen) atoms. The van der Waals surface area contributed by atoms with Crippen LogP contribution in [0.25, 0.3) is 0 Å². The third-order valence-electron chi connectivity index (χ3n) is 3.14. The van der Waals surface area contributed by atoms with Gasteiger partial charge in [0.25, 0.3) is 0 Å². The molecule has 1 heterocycles. The molecule has 2 N–H and O–H groups in total. The first-order chi connectivity index (χ1) is 6.02. The second-order valence-electron chi connectivity index (χ2n) is 4.21. The Morgan fingerprint density at radius 2 is 2.38 bits per heavy atom. The van der Waals surface area contributed by atoms with Gasteiger partial charge >= 0.3 is 0 Å². The molecule has 0 aromatic carbocycles. The highest BCUT2D eigenvalue weighted by Gasteiger charge is 2.45. The highest BCUT2D eigenvalue weighted by Crippen LogP contribution is 2.31. The number of rotatable bonds is 3. The van der Waals surface area contributed by atoms with Gasteiger partial charge in [0.15, 0.2) is 0 Å². The SMILES string of the molecule is CCC(C)C(=O)C1(C)COCC1N. The molecule has 3 heteroatoms. The molecule has 0 aromatic rings. The first-order valence-electron chi connectivity index (χ1n) is 4.90. The molecule has 0 saturated carbocycles. The van der Waals surface area contributed by atoms with Crippen LogP contribution in [0.4, 0.5) is 0 Å². The van der Waals surface area contributed by atoms with E-state index in [9.17, 15) is 4.79 Å². The van der Waals surface area contributed by atoms with Crippen molar-refractivity contribution in [1.82, 2.24) is 0 Å². The molecule has 1 saturated heterocycles. The van der Waals surface area contributed by atoms with Crippen molar-refractivity contribution < 1.29 is 9.53 Å². The lowest BCUT2D eigenvalue weighted by atomic mass is 9.76. The Morgan fingerprint density at radius 1 is 1.77 bits per heavy atom. The average Bonchev–Trinajstić information content (AvgIpc) is 2.46. The van der Waals surface area contributed by atoms with Crippen LogP contribution in [0.2, 0.25) is 0 Å². The van der Waals surface area contributed by atoms with Gasteiger partial charge in [-0.15, -0.1) is 0 Å². The van der Waals surface area contributed by atoms with Crippen molar-refractivity contribution in [3.63, 3.8) is 0 Å². The first kappa shape index (κ1) is 10.7. The zero-order valence-corrected chi connectivity index (χ0v) is 8.67. The number of carbonyl (C=O) groups excluding carboxylic acids is 1. The van der Waals surface area contributed by atoms with Crippen molar-refractivity contribution >= 4 is 5.78 Å². The van der Waals surface area contributed by atoms with E-state index in [0.717, 1.165) is 6.42 Å². The minimum absolute atomic E-state index is 0.0951. The fourth-order valence-corrected chi connectivity index (χ4v) is 1.69. The quantitative estimate of drug-likeness (QED) is 0.712. The van der Waals surface area contributed by atoms with E-state index in [4.69, 9.17) is 10.5 Å². The van der Waals surface area contributed by atoms with Crippen molar-refractivity contribution in [2.45, 2.75) is 33.2 Å². The van der Waals surface area contributed by atoms with Crippen LogP contribution in [0.3, 0.4) is 0 Å². The first-order valence-corrected chi connectivity index (χ1v) is 4.90. The van der Waals surface area contributed by atoms with E-state index >= 15 is 0 Å². The molecule has 1 fully saturated rings. The largest absolute Gasteiger partial charge is 0.379 e. The predicted molar refractivity (Wildman–Crippen MR) is 51.4 cm³/mol. The smallest absolute Gasteiger partial charge is 0.145 e. The van der Waals surface area contributed by atoms with E-state index in [0.29, 0.717) is 13.2 Å². The lowest BCUT2D eigenvalue weighted by Gasteiger charge is -2.27. The van der Waals surface area contributed by atoms with Crippen LogP contribution in [0.15, 0.2) is 0 Å².